The van der Waals surface area contributed by atoms with E-state index < -0.39 is 11.7 Å². The summed E-state index contributed by atoms with van der Waals surface area (Å²) in [6.07, 6.45) is 1.77. The van der Waals surface area contributed by atoms with Gasteiger partial charge in [-0.1, -0.05) is 36.1 Å². The molecule has 0 spiro atoms. The molecule has 0 saturated carbocycles. The van der Waals surface area contributed by atoms with Crippen molar-refractivity contribution >= 4 is 22.7 Å². The van der Waals surface area contributed by atoms with Gasteiger partial charge in [0.1, 0.15) is 11.4 Å². The maximum absolute atomic E-state index is 11.5. The van der Waals surface area contributed by atoms with Gasteiger partial charge in [-0.05, 0) is 20.8 Å². The first kappa shape index (κ1) is 16.6. The van der Waals surface area contributed by atoms with E-state index in [0.29, 0.717) is 18.8 Å². The highest BCUT2D eigenvalue weighted by molar-refractivity contribution is 5.94. The summed E-state index contributed by atoms with van der Waals surface area (Å²) in [5.74, 6) is 6.60. The van der Waals surface area contributed by atoms with Crippen LogP contribution in [0.5, 0.6) is 0 Å². The van der Waals surface area contributed by atoms with Gasteiger partial charge in [0.15, 0.2) is 0 Å². The molecule has 0 fully saturated rings. The van der Waals surface area contributed by atoms with Crippen LogP contribution >= 0.6 is 0 Å². The van der Waals surface area contributed by atoms with E-state index in [9.17, 15) is 4.79 Å². The van der Waals surface area contributed by atoms with E-state index >= 15 is 0 Å². The number of benzene rings is 1. The minimum absolute atomic E-state index is 0.432. The van der Waals surface area contributed by atoms with E-state index in [2.05, 4.69) is 22.1 Å². The van der Waals surface area contributed by atoms with Crippen LogP contribution in [0.1, 0.15) is 32.8 Å². The molecule has 1 heterocycles. The molecule has 1 aromatic heterocycles. The van der Waals surface area contributed by atoms with Crippen LogP contribution in [0.4, 0.5) is 10.6 Å². The minimum Gasteiger partial charge on any atom is -0.444 e. The Morgan fingerprint density at radius 1 is 1.30 bits per heavy atom. The molecule has 23 heavy (non-hydrogen) atoms. The number of ether oxygens (including phenoxy) is 1. The fraction of sp³-hybridized carbons (Fsp3) is 0.333. The number of fused-ring (bicyclic) bond motifs is 1. The van der Waals surface area contributed by atoms with Crippen molar-refractivity contribution < 1.29 is 9.53 Å². The molecule has 5 heteroatoms. The average Bonchev–Trinajstić information content (AvgIpc) is 2.47. The monoisotopic (exact) mass is 311 g/mol. The molecule has 3 N–H and O–H groups in total. The first-order chi connectivity index (χ1) is 10.9. The minimum atomic E-state index is -0.496. The Morgan fingerprint density at radius 2 is 2.00 bits per heavy atom. The van der Waals surface area contributed by atoms with E-state index in [1.165, 1.54) is 0 Å². The lowest BCUT2D eigenvalue weighted by atomic mass is 10.1. The third-order valence-corrected chi connectivity index (χ3v) is 2.97. The average molecular weight is 311 g/mol. The molecule has 0 aliphatic heterocycles. The quantitative estimate of drug-likeness (QED) is 0.660. The zero-order valence-corrected chi connectivity index (χ0v) is 13.6. The predicted molar refractivity (Wildman–Crippen MR) is 91.9 cm³/mol. The van der Waals surface area contributed by atoms with Gasteiger partial charge in [0.2, 0.25) is 0 Å². The van der Waals surface area contributed by atoms with Crippen molar-refractivity contribution in [2.24, 2.45) is 0 Å². The Bertz CT molecular complexity index is 767. The number of aromatic nitrogens is 1. The SMILES string of the molecule is CC(C)(C)OC(=O)NCCC#Cc1cnc(N)c2ccccc12. The molecule has 2 rings (SSSR count). The maximum Gasteiger partial charge on any atom is 0.407 e. The highest BCUT2D eigenvalue weighted by Crippen LogP contribution is 2.21. The zero-order valence-electron chi connectivity index (χ0n) is 13.6. The van der Waals surface area contributed by atoms with Crippen LogP contribution in [0.2, 0.25) is 0 Å². The molecule has 0 saturated heterocycles. The number of hydrogen-bond donors (Lipinski definition) is 2. The molecule has 0 radical (unpaired) electrons. The second kappa shape index (κ2) is 7.01. The number of alkyl carbamates (subject to hydrolysis) is 1. The number of amides is 1. The van der Waals surface area contributed by atoms with Crippen LogP contribution in [0.25, 0.3) is 10.8 Å². The van der Waals surface area contributed by atoms with Crippen molar-refractivity contribution in [3.05, 3.63) is 36.0 Å². The fourth-order valence-corrected chi connectivity index (χ4v) is 2.01. The Labute approximate surface area is 136 Å². The van der Waals surface area contributed by atoms with Gasteiger partial charge in [-0.15, -0.1) is 0 Å². The van der Waals surface area contributed by atoms with Gasteiger partial charge in [0.25, 0.3) is 0 Å². The molecule has 120 valence electrons. The van der Waals surface area contributed by atoms with Crippen molar-refractivity contribution in [3.8, 4) is 11.8 Å². The van der Waals surface area contributed by atoms with Gasteiger partial charge < -0.3 is 15.8 Å². The van der Waals surface area contributed by atoms with E-state index in [4.69, 9.17) is 10.5 Å². The lowest BCUT2D eigenvalue weighted by molar-refractivity contribution is 0.0529. The Balaban J connectivity index is 1.96. The van der Waals surface area contributed by atoms with Crippen molar-refractivity contribution in [1.29, 1.82) is 0 Å². The molecule has 2 aromatic rings. The summed E-state index contributed by atoms with van der Waals surface area (Å²) in [7, 11) is 0. The number of nitrogens with two attached hydrogens (primary N) is 1. The van der Waals surface area contributed by atoms with Crippen LogP contribution < -0.4 is 11.1 Å². The van der Waals surface area contributed by atoms with E-state index in [-0.39, 0.29) is 0 Å². The van der Waals surface area contributed by atoms with Crippen molar-refractivity contribution in [1.82, 2.24) is 10.3 Å². The molecule has 0 aliphatic carbocycles. The highest BCUT2D eigenvalue weighted by atomic mass is 16.6. The Kier molecular flexibility index (Phi) is 5.07. The highest BCUT2D eigenvalue weighted by Gasteiger charge is 2.15. The molecular weight excluding hydrogens is 290 g/mol. The Hall–Kier alpha value is -2.74. The number of rotatable bonds is 2. The first-order valence-electron chi connectivity index (χ1n) is 7.46. The van der Waals surface area contributed by atoms with Crippen LogP contribution in [0, 0.1) is 11.8 Å². The number of carbonyl (C=O) groups excluding carboxylic acids is 1. The summed E-state index contributed by atoms with van der Waals surface area (Å²) in [6.45, 7) is 5.91. The van der Waals surface area contributed by atoms with Crippen molar-refractivity contribution in [2.45, 2.75) is 32.8 Å². The topological polar surface area (TPSA) is 77.2 Å². The number of nitrogens with one attached hydrogen (secondary N) is 1. The molecular formula is C18H21N3O2. The van der Waals surface area contributed by atoms with Gasteiger partial charge in [-0.3, -0.25) is 0 Å². The number of nitrogen functional groups attached to an aromatic ring is 1. The largest absolute Gasteiger partial charge is 0.444 e. The van der Waals surface area contributed by atoms with Crippen LogP contribution in [-0.4, -0.2) is 23.2 Å². The van der Waals surface area contributed by atoms with Crippen molar-refractivity contribution in [3.63, 3.8) is 0 Å². The Morgan fingerprint density at radius 3 is 2.70 bits per heavy atom. The lowest BCUT2D eigenvalue weighted by Crippen LogP contribution is -2.32. The van der Waals surface area contributed by atoms with Gasteiger partial charge in [-0.25, -0.2) is 9.78 Å². The smallest absolute Gasteiger partial charge is 0.407 e. The number of pyridine rings is 1. The molecule has 0 bridgehead atoms. The van der Waals surface area contributed by atoms with Gasteiger partial charge >= 0.3 is 6.09 Å². The van der Waals surface area contributed by atoms with Gasteiger partial charge in [0, 0.05) is 29.9 Å². The van der Waals surface area contributed by atoms with Crippen LogP contribution in [0.3, 0.4) is 0 Å². The second-order valence-electron chi connectivity index (χ2n) is 6.08. The second-order valence-corrected chi connectivity index (χ2v) is 6.08. The number of anilines is 1. The molecule has 5 nitrogen and oxygen atoms in total. The first-order valence-corrected chi connectivity index (χ1v) is 7.46. The van der Waals surface area contributed by atoms with E-state index in [1.54, 1.807) is 6.20 Å². The summed E-state index contributed by atoms with van der Waals surface area (Å²) < 4.78 is 5.15. The molecule has 0 aliphatic rings. The van der Waals surface area contributed by atoms with Crippen LogP contribution in [0.15, 0.2) is 30.5 Å². The zero-order chi connectivity index (χ0) is 16.9. The number of carbonyl (C=O) groups is 1. The summed E-state index contributed by atoms with van der Waals surface area (Å²) in [5, 5.41) is 4.55. The fourth-order valence-electron chi connectivity index (χ4n) is 2.01. The summed E-state index contributed by atoms with van der Waals surface area (Å²) in [5.41, 5.74) is 6.19. The van der Waals surface area contributed by atoms with Gasteiger partial charge in [-0.2, -0.15) is 0 Å². The third kappa shape index (κ3) is 4.89. The number of hydrogen-bond acceptors (Lipinski definition) is 4. The third-order valence-electron chi connectivity index (χ3n) is 2.97. The van der Waals surface area contributed by atoms with E-state index in [0.717, 1.165) is 16.3 Å². The van der Waals surface area contributed by atoms with Crippen molar-refractivity contribution in [2.75, 3.05) is 12.3 Å². The summed E-state index contributed by atoms with van der Waals surface area (Å²) >= 11 is 0. The normalized spacial score (nSPS) is 10.7. The van der Waals surface area contributed by atoms with Crippen LogP contribution in [-0.2, 0) is 4.74 Å². The molecule has 1 aromatic carbocycles. The predicted octanol–water partition coefficient (Wildman–Crippen LogP) is 3.08. The molecule has 0 atom stereocenters. The summed E-state index contributed by atoms with van der Waals surface area (Å²) in [6, 6.07) is 7.75. The standard InChI is InChI=1S/C18H21N3O2/c1-18(2,3)23-17(22)20-11-7-6-8-13-12-21-16(19)15-10-5-4-9-14(13)15/h4-5,9-10,12H,7,11H2,1-3H3,(H2,19,21)(H,20,22). The lowest BCUT2D eigenvalue weighted by Gasteiger charge is -2.19. The number of nitrogens with zero attached hydrogens (tertiary/aromatic N) is 1. The van der Waals surface area contributed by atoms with E-state index in [1.807, 2.05) is 45.0 Å². The molecule has 0 unspecified atom stereocenters. The summed E-state index contributed by atoms with van der Waals surface area (Å²) in [4.78, 5) is 15.7. The maximum atomic E-state index is 11.5. The molecule has 1 amide bonds. The van der Waals surface area contributed by atoms with Gasteiger partial charge in [0.05, 0.1) is 5.56 Å².